The van der Waals surface area contributed by atoms with E-state index < -0.39 is 0 Å². The summed E-state index contributed by atoms with van der Waals surface area (Å²) >= 11 is 0. The van der Waals surface area contributed by atoms with E-state index >= 15 is 0 Å². The van der Waals surface area contributed by atoms with Crippen LogP contribution < -0.4 is 5.32 Å². The summed E-state index contributed by atoms with van der Waals surface area (Å²) in [5.41, 5.74) is 0.239. The molecule has 0 aromatic carbocycles. The molecule has 0 bridgehead atoms. The maximum Gasteiger partial charge on any atom is 0.0698 e. The van der Waals surface area contributed by atoms with Crippen LogP contribution in [0.1, 0.15) is 52.4 Å². The van der Waals surface area contributed by atoms with Gasteiger partial charge >= 0.3 is 0 Å². The Kier molecular flexibility index (Phi) is 5.05. The minimum atomic E-state index is 0.239. The summed E-state index contributed by atoms with van der Waals surface area (Å²) in [5.74, 6) is 0.709. The second-order valence-electron chi connectivity index (χ2n) is 6.06. The van der Waals surface area contributed by atoms with E-state index in [4.69, 9.17) is 9.47 Å². The van der Waals surface area contributed by atoms with Gasteiger partial charge in [0, 0.05) is 19.8 Å². The fourth-order valence-electron chi connectivity index (χ4n) is 3.47. The van der Waals surface area contributed by atoms with Crippen LogP contribution in [0.3, 0.4) is 0 Å². The molecule has 106 valence electrons. The van der Waals surface area contributed by atoms with Crippen molar-refractivity contribution in [1.82, 2.24) is 5.32 Å². The molecule has 3 unspecified atom stereocenters. The molecule has 1 saturated carbocycles. The van der Waals surface area contributed by atoms with Crippen molar-refractivity contribution < 1.29 is 9.47 Å². The SMILES string of the molecule is CCCNC(C1CCOC2(CCC2)C1)C(C)OC. The highest BCUT2D eigenvalue weighted by atomic mass is 16.5. The monoisotopic (exact) mass is 255 g/mol. The number of nitrogens with one attached hydrogen (secondary N) is 1. The minimum Gasteiger partial charge on any atom is -0.380 e. The van der Waals surface area contributed by atoms with Gasteiger partial charge in [-0.2, -0.15) is 0 Å². The molecule has 18 heavy (non-hydrogen) atoms. The van der Waals surface area contributed by atoms with Gasteiger partial charge in [-0.15, -0.1) is 0 Å². The molecule has 3 heteroatoms. The third-order valence-electron chi connectivity index (χ3n) is 4.81. The summed E-state index contributed by atoms with van der Waals surface area (Å²) in [6.45, 7) is 6.43. The predicted molar refractivity (Wildman–Crippen MR) is 73.8 cm³/mol. The van der Waals surface area contributed by atoms with Crippen molar-refractivity contribution in [2.45, 2.75) is 70.1 Å². The molecule has 1 N–H and O–H groups in total. The van der Waals surface area contributed by atoms with Gasteiger partial charge in [0.1, 0.15) is 0 Å². The van der Waals surface area contributed by atoms with Gasteiger partial charge in [-0.25, -0.2) is 0 Å². The Morgan fingerprint density at radius 2 is 2.22 bits per heavy atom. The molecule has 3 nitrogen and oxygen atoms in total. The van der Waals surface area contributed by atoms with Gasteiger partial charge in [0.05, 0.1) is 11.7 Å². The highest BCUT2D eigenvalue weighted by Crippen LogP contribution is 2.45. The Bertz CT molecular complexity index is 253. The van der Waals surface area contributed by atoms with Gasteiger partial charge in [-0.1, -0.05) is 6.92 Å². The molecule has 2 aliphatic rings. The van der Waals surface area contributed by atoms with E-state index in [0.29, 0.717) is 12.0 Å². The number of ether oxygens (including phenoxy) is 2. The summed E-state index contributed by atoms with van der Waals surface area (Å²) in [5, 5.41) is 3.70. The number of rotatable bonds is 6. The third kappa shape index (κ3) is 3.06. The first-order chi connectivity index (χ1) is 8.71. The van der Waals surface area contributed by atoms with E-state index in [9.17, 15) is 0 Å². The minimum absolute atomic E-state index is 0.239. The van der Waals surface area contributed by atoms with Crippen LogP contribution in [0.25, 0.3) is 0 Å². The third-order valence-corrected chi connectivity index (χ3v) is 4.81. The predicted octanol–water partition coefficient (Wildman–Crippen LogP) is 2.74. The number of hydrogen-bond acceptors (Lipinski definition) is 3. The Morgan fingerprint density at radius 1 is 1.44 bits per heavy atom. The van der Waals surface area contributed by atoms with E-state index in [-0.39, 0.29) is 11.7 Å². The molecule has 1 spiro atoms. The van der Waals surface area contributed by atoms with E-state index in [2.05, 4.69) is 19.2 Å². The van der Waals surface area contributed by atoms with Gasteiger partial charge < -0.3 is 14.8 Å². The highest BCUT2D eigenvalue weighted by Gasteiger charge is 2.44. The fourth-order valence-corrected chi connectivity index (χ4v) is 3.47. The van der Waals surface area contributed by atoms with E-state index in [1.54, 1.807) is 0 Å². The maximum absolute atomic E-state index is 6.03. The molecule has 1 aliphatic heterocycles. The first-order valence-corrected chi connectivity index (χ1v) is 7.61. The second-order valence-corrected chi connectivity index (χ2v) is 6.06. The quantitative estimate of drug-likeness (QED) is 0.791. The average molecular weight is 255 g/mol. The van der Waals surface area contributed by atoms with Crippen LogP contribution >= 0.6 is 0 Å². The van der Waals surface area contributed by atoms with Crippen LogP contribution in [-0.4, -0.2) is 38.0 Å². The van der Waals surface area contributed by atoms with Crippen molar-refractivity contribution in [1.29, 1.82) is 0 Å². The zero-order chi connectivity index (χ0) is 13.0. The normalized spacial score (nSPS) is 29.8. The van der Waals surface area contributed by atoms with Gasteiger partial charge in [0.2, 0.25) is 0 Å². The molecular weight excluding hydrogens is 226 g/mol. The van der Waals surface area contributed by atoms with Gasteiger partial charge in [0.25, 0.3) is 0 Å². The van der Waals surface area contributed by atoms with Crippen molar-refractivity contribution in [2.24, 2.45) is 5.92 Å². The van der Waals surface area contributed by atoms with Crippen molar-refractivity contribution in [2.75, 3.05) is 20.3 Å². The Morgan fingerprint density at radius 3 is 2.78 bits per heavy atom. The van der Waals surface area contributed by atoms with E-state index in [1.807, 2.05) is 7.11 Å². The maximum atomic E-state index is 6.03. The van der Waals surface area contributed by atoms with Crippen LogP contribution in [-0.2, 0) is 9.47 Å². The summed E-state index contributed by atoms with van der Waals surface area (Å²) in [6.07, 6.45) is 7.76. The molecule has 1 aliphatic carbocycles. The van der Waals surface area contributed by atoms with E-state index in [0.717, 1.165) is 13.2 Å². The molecule has 1 heterocycles. The summed E-state index contributed by atoms with van der Waals surface area (Å²) < 4.78 is 11.6. The molecule has 2 rings (SSSR count). The summed E-state index contributed by atoms with van der Waals surface area (Å²) in [7, 11) is 1.82. The van der Waals surface area contributed by atoms with Gasteiger partial charge in [0.15, 0.2) is 0 Å². The van der Waals surface area contributed by atoms with Crippen LogP contribution in [0.5, 0.6) is 0 Å². The van der Waals surface area contributed by atoms with Crippen LogP contribution in [0.2, 0.25) is 0 Å². The first kappa shape index (κ1) is 14.3. The Labute approximate surface area is 112 Å². The molecule has 2 fully saturated rings. The Balaban J connectivity index is 1.95. The van der Waals surface area contributed by atoms with Gasteiger partial charge in [-0.3, -0.25) is 0 Å². The topological polar surface area (TPSA) is 30.5 Å². The lowest BCUT2D eigenvalue weighted by Crippen LogP contribution is -2.53. The number of hydrogen-bond donors (Lipinski definition) is 1. The molecule has 3 atom stereocenters. The lowest BCUT2D eigenvalue weighted by atomic mass is 9.70. The fraction of sp³-hybridized carbons (Fsp3) is 1.00. The molecule has 0 aromatic rings. The smallest absolute Gasteiger partial charge is 0.0698 e. The lowest BCUT2D eigenvalue weighted by molar-refractivity contribution is -0.151. The standard InChI is InChI=1S/C15H29NO2/c1-4-9-16-14(12(2)17-3)13-6-10-18-15(11-13)7-5-8-15/h12-14,16H,4-11H2,1-3H3. The molecular formula is C15H29NO2. The van der Waals surface area contributed by atoms with E-state index in [1.165, 1.54) is 38.5 Å². The van der Waals surface area contributed by atoms with Crippen LogP contribution in [0.4, 0.5) is 0 Å². The van der Waals surface area contributed by atoms with Gasteiger partial charge in [-0.05, 0) is 57.9 Å². The molecule has 0 radical (unpaired) electrons. The number of methoxy groups -OCH3 is 1. The summed E-state index contributed by atoms with van der Waals surface area (Å²) in [4.78, 5) is 0. The van der Waals surface area contributed by atoms with Crippen molar-refractivity contribution in [3.05, 3.63) is 0 Å². The highest BCUT2D eigenvalue weighted by molar-refractivity contribution is 4.97. The molecule has 0 aromatic heterocycles. The summed E-state index contributed by atoms with van der Waals surface area (Å²) in [6, 6.07) is 0.483. The lowest BCUT2D eigenvalue weighted by Gasteiger charge is -2.49. The van der Waals surface area contributed by atoms with Crippen LogP contribution in [0, 0.1) is 5.92 Å². The average Bonchev–Trinajstić information content (AvgIpc) is 2.37. The second kappa shape index (κ2) is 6.36. The zero-order valence-electron chi connectivity index (χ0n) is 12.2. The van der Waals surface area contributed by atoms with Crippen molar-refractivity contribution >= 4 is 0 Å². The first-order valence-electron chi connectivity index (χ1n) is 7.61. The zero-order valence-corrected chi connectivity index (χ0v) is 12.2. The van der Waals surface area contributed by atoms with Crippen molar-refractivity contribution in [3.63, 3.8) is 0 Å². The Hall–Kier alpha value is -0.120. The van der Waals surface area contributed by atoms with Crippen molar-refractivity contribution in [3.8, 4) is 0 Å². The van der Waals surface area contributed by atoms with Crippen LogP contribution in [0.15, 0.2) is 0 Å². The molecule has 0 amide bonds. The molecule has 1 saturated heterocycles. The largest absolute Gasteiger partial charge is 0.380 e.